The number of rotatable bonds is 6. The second kappa shape index (κ2) is 8.39. The van der Waals surface area contributed by atoms with Gasteiger partial charge in [0.1, 0.15) is 0 Å². The van der Waals surface area contributed by atoms with Gasteiger partial charge in [-0.2, -0.15) is 0 Å². The number of aromatic nitrogens is 1. The first-order chi connectivity index (χ1) is 12.5. The Bertz CT molecular complexity index is 874. The maximum Gasteiger partial charge on any atom is 0.220 e. The molecule has 1 atom stereocenters. The van der Waals surface area contributed by atoms with Crippen molar-refractivity contribution in [1.29, 1.82) is 0 Å². The molecule has 0 bridgehead atoms. The van der Waals surface area contributed by atoms with E-state index in [0.29, 0.717) is 34.5 Å². The minimum Gasteiger partial charge on any atom is -0.441 e. The number of nitrogens with zero attached hydrogens (tertiary/aromatic N) is 1. The Labute approximate surface area is 162 Å². The first-order valence-electron chi connectivity index (χ1n) is 8.27. The number of hydrogen-bond donors (Lipinski definition) is 1. The number of carbonyl (C=O) groups is 1. The Balaban J connectivity index is 1.53. The summed E-state index contributed by atoms with van der Waals surface area (Å²) in [7, 11) is 0. The number of carbonyl (C=O) groups excluding carboxylic acids is 1. The highest BCUT2D eigenvalue weighted by Crippen LogP contribution is 2.23. The zero-order valence-corrected chi connectivity index (χ0v) is 15.7. The van der Waals surface area contributed by atoms with Gasteiger partial charge >= 0.3 is 0 Å². The lowest BCUT2D eigenvalue weighted by molar-refractivity contribution is -0.121. The summed E-state index contributed by atoms with van der Waals surface area (Å²) in [6.07, 6.45) is 2.40. The molecule has 0 aliphatic carbocycles. The Kier molecular flexibility index (Phi) is 5.96. The smallest absolute Gasteiger partial charge is 0.220 e. The van der Waals surface area contributed by atoms with Gasteiger partial charge in [-0.05, 0) is 48.9 Å². The van der Waals surface area contributed by atoms with E-state index in [2.05, 4.69) is 10.3 Å². The average molecular weight is 389 g/mol. The molecule has 1 aromatic heterocycles. The molecule has 0 saturated heterocycles. The highest BCUT2D eigenvalue weighted by Gasteiger charge is 2.12. The van der Waals surface area contributed by atoms with Gasteiger partial charge in [-0.25, -0.2) is 4.98 Å². The van der Waals surface area contributed by atoms with Gasteiger partial charge in [0, 0.05) is 28.5 Å². The number of benzene rings is 2. The van der Waals surface area contributed by atoms with Gasteiger partial charge in [-0.15, -0.1) is 0 Å². The second-order valence-corrected chi connectivity index (χ2v) is 6.84. The summed E-state index contributed by atoms with van der Waals surface area (Å²) in [5, 5.41) is 4.30. The van der Waals surface area contributed by atoms with Crippen LogP contribution in [-0.4, -0.2) is 10.9 Å². The van der Waals surface area contributed by atoms with E-state index in [4.69, 9.17) is 27.6 Å². The van der Waals surface area contributed by atoms with Crippen LogP contribution < -0.4 is 5.32 Å². The quantitative estimate of drug-likeness (QED) is 0.609. The van der Waals surface area contributed by atoms with E-state index in [1.807, 2.05) is 43.3 Å². The van der Waals surface area contributed by atoms with E-state index in [0.717, 1.165) is 11.1 Å². The van der Waals surface area contributed by atoms with E-state index >= 15 is 0 Å². The maximum absolute atomic E-state index is 12.2. The number of hydrogen-bond acceptors (Lipinski definition) is 3. The number of nitrogens with one attached hydrogen (secondary N) is 1. The Morgan fingerprint density at radius 3 is 2.35 bits per heavy atom. The molecule has 0 fully saturated rings. The van der Waals surface area contributed by atoms with Crippen LogP contribution in [0.25, 0.3) is 11.3 Å². The fourth-order valence-corrected chi connectivity index (χ4v) is 2.79. The molecule has 4 nitrogen and oxygen atoms in total. The number of amides is 1. The molecule has 1 amide bonds. The molecule has 134 valence electrons. The van der Waals surface area contributed by atoms with E-state index < -0.39 is 0 Å². The molecule has 3 rings (SSSR count). The highest BCUT2D eigenvalue weighted by molar-refractivity contribution is 6.30. The first-order valence-corrected chi connectivity index (χ1v) is 9.02. The number of oxazole rings is 1. The normalized spacial score (nSPS) is 12.0. The summed E-state index contributed by atoms with van der Waals surface area (Å²) in [6, 6.07) is 14.7. The summed E-state index contributed by atoms with van der Waals surface area (Å²) in [6.45, 7) is 1.94. The molecule has 0 unspecified atom stereocenters. The van der Waals surface area contributed by atoms with E-state index in [-0.39, 0.29) is 11.9 Å². The highest BCUT2D eigenvalue weighted by atomic mass is 35.5. The predicted octanol–water partition coefficient (Wildman–Crippen LogP) is 5.46. The van der Waals surface area contributed by atoms with Crippen molar-refractivity contribution in [3.8, 4) is 11.3 Å². The van der Waals surface area contributed by atoms with E-state index in [1.54, 1.807) is 18.3 Å². The summed E-state index contributed by atoms with van der Waals surface area (Å²) >= 11 is 11.8. The van der Waals surface area contributed by atoms with Crippen molar-refractivity contribution in [1.82, 2.24) is 10.3 Å². The van der Waals surface area contributed by atoms with Gasteiger partial charge in [-0.3, -0.25) is 4.79 Å². The monoisotopic (exact) mass is 388 g/mol. The summed E-state index contributed by atoms with van der Waals surface area (Å²) in [5.41, 5.74) is 1.90. The third-order valence-corrected chi connectivity index (χ3v) is 4.50. The molecule has 1 N–H and O–H groups in total. The third-order valence-electron chi connectivity index (χ3n) is 4.00. The van der Waals surface area contributed by atoms with E-state index in [9.17, 15) is 4.79 Å². The fourth-order valence-electron chi connectivity index (χ4n) is 2.54. The molecule has 26 heavy (non-hydrogen) atoms. The van der Waals surface area contributed by atoms with Crippen molar-refractivity contribution < 1.29 is 9.21 Å². The van der Waals surface area contributed by atoms with Crippen molar-refractivity contribution in [2.24, 2.45) is 0 Å². The molecule has 0 saturated carbocycles. The predicted molar refractivity (Wildman–Crippen MR) is 103 cm³/mol. The molecule has 1 heterocycles. The van der Waals surface area contributed by atoms with Crippen LogP contribution in [0, 0.1) is 0 Å². The van der Waals surface area contributed by atoms with Gasteiger partial charge in [0.25, 0.3) is 0 Å². The standard InChI is InChI=1S/C20H18Cl2N2O2/c1-13(14-2-6-16(21)7-3-14)24-19(25)10-11-20-23-12-18(26-20)15-4-8-17(22)9-5-15/h2-9,12-13H,10-11H2,1H3,(H,24,25)/t13-/m1/s1. The number of aryl methyl sites for hydroxylation is 1. The minimum atomic E-state index is -0.0889. The summed E-state index contributed by atoms with van der Waals surface area (Å²) < 4.78 is 5.71. The van der Waals surface area contributed by atoms with Crippen LogP contribution in [0.1, 0.15) is 30.8 Å². The van der Waals surface area contributed by atoms with Crippen LogP contribution in [0.3, 0.4) is 0 Å². The van der Waals surface area contributed by atoms with Crippen molar-refractivity contribution >= 4 is 29.1 Å². The first kappa shape index (κ1) is 18.5. The lowest BCUT2D eigenvalue weighted by Gasteiger charge is -2.14. The molecular weight excluding hydrogens is 371 g/mol. The van der Waals surface area contributed by atoms with Crippen LogP contribution in [-0.2, 0) is 11.2 Å². The van der Waals surface area contributed by atoms with Crippen molar-refractivity contribution in [3.05, 3.63) is 76.2 Å². The Morgan fingerprint density at radius 1 is 1.08 bits per heavy atom. The number of halogens is 2. The zero-order chi connectivity index (χ0) is 18.5. The molecule has 0 aliphatic rings. The zero-order valence-electron chi connectivity index (χ0n) is 14.2. The average Bonchev–Trinajstić information content (AvgIpc) is 3.10. The molecule has 0 aliphatic heterocycles. The molecule has 2 aromatic carbocycles. The molecule has 3 aromatic rings. The van der Waals surface area contributed by atoms with Gasteiger partial charge in [0.05, 0.1) is 12.2 Å². The molecule has 0 spiro atoms. The fraction of sp³-hybridized carbons (Fsp3) is 0.200. The Hall–Kier alpha value is -2.30. The minimum absolute atomic E-state index is 0.0568. The molecule has 0 radical (unpaired) electrons. The van der Waals surface area contributed by atoms with Gasteiger partial charge in [-0.1, -0.05) is 35.3 Å². The second-order valence-electron chi connectivity index (χ2n) is 5.97. The SMILES string of the molecule is C[C@@H](NC(=O)CCc1ncc(-c2ccc(Cl)cc2)o1)c1ccc(Cl)cc1. The van der Waals surface area contributed by atoms with Crippen LogP contribution in [0.5, 0.6) is 0 Å². The van der Waals surface area contributed by atoms with Crippen LogP contribution >= 0.6 is 23.2 Å². The van der Waals surface area contributed by atoms with Crippen molar-refractivity contribution in [3.63, 3.8) is 0 Å². The Morgan fingerprint density at radius 2 is 1.69 bits per heavy atom. The van der Waals surface area contributed by atoms with Crippen LogP contribution in [0.4, 0.5) is 0 Å². The van der Waals surface area contributed by atoms with Crippen LogP contribution in [0.15, 0.2) is 59.1 Å². The lowest BCUT2D eigenvalue weighted by atomic mass is 10.1. The van der Waals surface area contributed by atoms with Crippen LogP contribution in [0.2, 0.25) is 10.0 Å². The van der Waals surface area contributed by atoms with E-state index in [1.165, 1.54) is 0 Å². The largest absolute Gasteiger partial charge is 0.441 e. The molecular formula is C20H18Cl2N2O2. The maximum atomic E-state index is 12.2. The van der Waals surface area contributed by atoms with Gasteiger partial charge in [0.2, 0.25) is 5.91 Å². The summed E-state index contributed by atoms with van der Waals surface area (Å²) in [4.78, 5) is 16.4. The van der Waals surface area contributed by atoms with Gasteiger partial charge in [0.15, 0.2) is 11.7 Å². The lowest BCUT2D eigenvalue weighted by Crippen LogP contribution is -2.26. The van der Waals surface area contributed by atoms with Gasteiger partial charge < -0.3 is 9.73 Å². The summed E-state index contributed by atoms with van der Waals surface area (Å²) in [5.74, 6) is 1.13. The topological polar surface area (TPSA) is 55.1 Å². The van der Waals surface area contributed by atoms with Crippen molar-refractivity contribution in [2.75, 3.05) is 0 Å². The van der Waals surface area contributed by atoms with Crippen molar-refractivity contribution in [2.45, 2.75) is 25.8 Å². The third kappa shape index (κ3) is 4.87. The molecule has 6 heteroatoms.